The van der Waals surface area contributed by atoms with E-state index in [2.05, 4.69) is 5.16 Å². The van der Waals surface area contributed by atoms with Crippen molar-refractivity contribution in [2.45, 2.75) is 20.8 Å². The van der Waals surface area contributed by atoms with Crippen molar-refractivity contribution in [3.63, 3.8) is 0 Å². The van der Waals surface area contributed by atoms with Crippen molar-refractivity contribution < 1.29 is 19.2 Å². The molecule has 1 aliphatic rings. The number of aryl methyl sites for hydroxylation is 1. The zero-order valence-electron chi connectivity index (χ0n) is 16.7. The smallest absolute Gasteiger partial charge is 0.342 e. The molecule has 0 radical (unpaired) electrons. The van der Waals surface area contributed by atoms with Crippen LogP contribution in [0.3, 0.4) is 0 Å². The number of anilines is 1. The van der Waals surface area contributed by atoms with Crippen LogP contribution in [0.5, 0.6) is 0 Å². The Labute approximate surface area is 169 Å². The van der Waals surface area contributed by atoms with Gasteiger partial charge in [-0.1, -0.05) is 41.1 Å². The molecule has 0 unspecified atom stereocenters. The fourth-order valence-electron chi connectivity index (χ4n) is 3.15. The van der Waals surface area contributed by atoms with Gasteiger partial charge >= 0.3 is 5.97 Å². The Balaban J connectivity index is 1.83. The Hall–Kier alpha value is -3.48. The minimum Gasteiger partial charge on any atom is -0.342 e. The lowest BCUT2D eigenvalue weighted by molar-refractivity contribution is -0.130. The number of hydrogen-bond donors (Lipinski definition) is 0. The van der Waals surface area contributed by atoms with Crippen LogP contribution >= 0.6 is 0 Å². The van der Waals surface area contributed by atoms with E-state index < -0.39 is 11.9 Å². The van der Waals surface area contributed by atoms with Crippen LogP contribution in [0.1, 0.15) is 35.3 Å². The van der Waals surface area contributed by atoms with Crippen molar-refractivity contribution in [2.24, 2.45) is 5.16 Å². The summed E-state index contributed by atoms with van der Waals surface area (Å²) in [6.45, 7) is 6.72. The first-order valence-electron chi connectivity index (χ1n) is 9.51. The Morgan fingerprint density at radius 1 is 1.03 bits per heavy atom. The number of hydrogen-bond acceptors (Lipinski definition) is 5. The van der Waals surface area contributed by atoms with E-state index in [0.717, 1.165) is 5.56 Å². The van der Waals surface area contributed by atoms with Crippen LogP contribution in [0.2, 0.25) is 0 Å². The van der Waals surface area contributed by atoms with Crippen LogP contribution in [0, 0.1) is 6.92 Å². The lowest BCUT2D eigenvalue weighted by atomic mass is 10.1. The monoisotopic (exact) mass is 393 g/mol. The standard InChI is InChI=1S/C22H23N3O4/c1-4-24(5-2)19(26)14-25-18-9-7-6-8-17(18)20(21(25)27)23-29-22(28)16-12-10-15(3)11-13-16/h6-13H,4-5,14H2,1-3H3. The highest BCUT2D eigenvalue weighted by atomic mass is 16.7. The molecule has 0 atom stereocenters. The number of carbonyl (C=O) groups is 3. The van der Waals surface area contributed by atoms with E-state index >= 15 is 0 Å². The number of oxime groups is 1. The third-order valence-electron chi connectivity index (χ3n) is 4.81. The first kappa shape index (κ1) is 20.3. The van der Waals surface area contributed by atoms with Gasteiger partial charge in [-0.2, -0.15) is 0 Å². The maximum Gasteiger partial charge on any atom is 0.365 e. The predicted octanol–water partition coefficient (Wildman–Crippen LogP) is 2.77. The highest BCUT2D eigenvalue weighted by Crippen LogP contribution is 2.29. The van der Waals surface area contributed by atoms with Gasteiger partial charge in [-0.05, 0) is 39.0 Å². The van der Waals surface area contributed by atoms with Gasteiger partial charge in [0.25, 0.3) is 5.91 Å². The fraction of sp³-hybridized carbons (Fsp3) is 0.273. The second-order valence-electron chi connectivity index (χ2n) is 6.66. The summed E-state index contributed by atoms with van der Waals surface area (Å²) < 4.78 is 0. The Morgan fingerprint density at radius 2 is 1.69 bits per heavy atom. The third-order valence-corrected chi connectivity index (χ3v) is 4.81. The molecule has 2 aromatic rings. The van der Waals surface area contributed by atoms with Gasteiger partial charge in [0.2, 0.25) is 5.91 Å². The van der Waals surface area contributed by atoms with Gasteiger partial charge in [0, 0.05) is 18.7 Å². The van der Waals surface area contributed by atoms with Gasteiger partial charge in [-0.3, -0.25) is 14.5 Å². The van der Waals surface area contributed by atoms with Crippen molar-refractivity contribution >= 4 is 29.2 Å². The molecule has 2 aromatic carbocycles. The molecule has 0 saturated carbocycles. The normalized spacial score (nSPS) is 14.1. The zero-order chi connectivity index (χ0) is 21.0. The van der Waals surface area contributed by atoms with Crippen molar-refractivity contribution in [3.05, 3.63) is 65.2 Å². The predicted molar refractivity (Wildman–Crippen MR) is 110 cm³/mol. The Bertz CT molecular complexity index is 962. The van der Waals surface area contributed by atoms with Gasteiger partial charge in [0.15, 0.2) is 5.71 Å². The quantitative estimate of drug-likeness (QED) is 0.558. The van der Waals surface area contributed by atoms with Crippen LogP contribution < -0.4 is 4.90 Å². The molecule has 7 nitrogen and oxygen atoms in total. The molecule has 0 aromatic heterocycles. The van der Waals surface area contributed by atoms with E-state index in [4.69, 9.17) is 4.84 Å². The van der Waals surface area contributed by atoms with E-state index in [1.165, 1.54) is 4.90 Å². The third kappa shape index (κ3) is 4.18. The summed E-state index contributed by atoms with van der Waals surface area (Å²) in [4.78, 5) is 45.7. The molecule has 0 spiro atoms. The summed E-state index contributed by atoms with van der Waals surface area (Å²) >= 11 is 0. The number of amides is 2. The average Bonchev–Trinajstić information content (AvgIpc) is 2.99. The number of benzene rings is 2. The lowest BCUT2D eigenvalue weighted by Crippen LogP contribution is -2.42. The lowest BCUT2D eigenvalue weighted by Gasteiger charge is -2.23. The number of carbonyl (C=O) groups excluding carboxylic acids is 3. The molecule has 0 fully saturated rings. The molecule has 7 heteroatoms. The molecule has 0 bridgehead atoms. The molecule has 2 amide bonds. The SMILES string of the molecule is CCN(CC)C(=O)CN1C(=O)C(=NOC(=O)c2ccc(C)cc2)c2ccccc21. The highest BCUT2D eigenvalue weighted by molar-refractivity contribution is 6.54. The molecule has 3 rings (SSSR count). The highest BCUT2D eigenvalue weighted by Gasteiger charge is 2.36. The number of rotatable bonds is 6. The van der Waals surface area contributed by atoms with Crippen molar-refractivity contribution in [3.8, 4) is 0 Å². The van der Waals surface area contributed by atoms with E-state index in [1.807, 2.05) is 20.8 Å². The first-order chi connectivity index (χ1) is 14.0. The topological polar surface area (TPSA) is 79.3 Å². The summed E-state index contributed by atoms with van der Waals surface area (Å²) in [5.74, 6) is -1.28. The Morgan fingerprint density at radius 3 is 2.34 bits per heavy atom. The summed E-state index contributed by atoms with van der Waals surface area (Å²) in [5, 5.41) is 3.84. The maximum absolute atomic E-state index is 12.9. The Kier molecular flexibility index (Phi) is 6.07. The van der Waals surface area contributed by atoms with Gasteiger partial charge in [-0.25, -0.2) is 4.79 Å². The van der Waals surface area contributed by atoms with Crippen molar-refractivity contribution in [1.82, 2.24) is 4.90 Å². The minimum atomic E-state index is -0.652. The average molecular weight is 393 g/mol. The van der Waals surface area contributed by atoms with Gasteiger partial charge in [0.1, 0.15) is 6.54 Å². The largest absolute Gasteiger partial charge is 0.365 e. The molecule has 29 heavy (non-hydrogen) atoms. The van der Waals surface area contributed by atoms with Crippen molar-refractivity contribution in [1.29, 1.82) is 0 Å². The maximum atomic E-state index is 12.9. The molecule has 150 valence electrons. The van der Waals surface area contributed by atoms with E-state index in [0.29, 0.717) is 29.9 Å². The van der Waals surface area contributed by atoms with E-state index in [-0.39, 0.29) is 18.2 Å². The number of nitrogens with zero attached hydrogens (tertiary/aromatic N) is 3. The molecule has 1 heterocycles. The summed E-state index contributed by atoms with van der Waals surface area (Å²) in [6, 6.07) is 13.9. The van der Waals surface area contributed by atoms with E-state index in [9.17, 15) is 14.4 Å². The second kappa shape index (κ2) is 8.68. The molecule has 1 aliphatic heterocycles. The number of fused-ring (bicyclic) bond motifs is 1. The van der Waals surface area contributed by atoms with Gasteiger partial charge in [0.05, 0.1) is 11.3 Å². The van der Waals surface area contributed by atoms with Crippen LogP contribution in [0.15, 0.2) is 53.7 Å². The fourth-order valence-corrected chi connectivity index (χ4v) is 3.15. The summed E-state index contributed by atoms with van der Waals surface area (Å²) in [6.07, 6.45) is 0. The zero-order valence-corrected chi connectivity index (χ0v) is 16.7. The van der Waals surface area contributed by atoms with E-state index in [1.54, 1.807) is 53.4 Å². The molecule has 0 N–H and O–H groups in total. The van der Waals surface area contributed by atoms with Gasteiger partial charge < -0.3 is 9.74 Å². The molecular formula is C22H23N3O4. The van der Waals surface area contributed by atoms with Crippen molar-refractivity contribution in [2.75, 3.05) is 24.5 Å². The summed E-state index contributed by atoms with van der Waals surface area (Å²) in [5.41, 5.74) is 2.46. The summed E-state index contributed by atoms with van der Waals surface area (Å²) in [7, 11) is 0. The number of para-hydroxylation sites is 1. The van der Waals surface area contributed by atoms with Crippen LogP contribution in [-0.2, 0) is 14.4 Å². The number of likely N-dealkylation sites (N-methyl/N-ethyl adjacent to an activating group) is 1. The van der Waals surface area contributed by atoms with Crippen LogP contribution in [0.25, 0.3) is 0 Å². The molecule has 0 aliphatic carbocycles. The second-order valence-corrected chi connectivity index (χ2v) is 6.66. The minimum absolute atomic E-state index is 0.00779. The van der Waals surface area contributed by atoms with Crippen LogP contribution in [-0.4, -0.2) is 48.0 Å². The molecule has 0 saturated heterocycles. The van der Waals surface area contributed by atoms with Crippen LogP contribution in [0.4, 0.5) is 5.69 Å². The molecular weight excluding hydrogens is 370 g/mol. The first-order valence-corrected chi connectivity index (χ1v) is 9.51. The van der Waals surface area contributed by atoms with Gasteiger partial charge in [-0.15, -0.1) is 0 Å².